The van der Waals surface area contributed by atoms with Crippen molar-refractivity contribution >= 4 is 21.6 Å². The van der Waals surface area contributed by atoms with Gasteiger partial charge in [-0.15, -0.1) is 13.2 Å². The number of alkyl halides is 3. The van der Waals surface area contributed by atoms with Gasteiger partial charge in [0.25, 0.3) is 0 Å². The van der Waals surface area contributed by atoms with E-state index in [4.69, 9.17) is 11.6 Å². The number of likely N-dealkylation sites (tertiary alicyclic amines) is 1. The first-order chi connectivity index (χ1) is 14.1. The summed E-state index contributed by atoms with van der Waals surface area (Å²) in [4.78, 5) is 2.06. The van der Waals surface area contributed by atoms with Crippen LogP contribution in [0.25, 0.3) is 0 Å². The monoisotopic (exact) mass is 462 g/mol. The van der Waals surface area contributed by atoms with Crippen LogP contribution >= 0.6 is 11.6 Å². The topological polar surface area (TPSA) is 58.6 Å². The van der Waals surface area contributed by atoms with Gasteiger partial charge in [0.15, 0.2) is 0 Å². The van der Waals surface area contributed by atoms with Crippen molar-refractivity contribution < 1.29 is 26.3 Å². The zero-order chi connectivity index (χ0) is 21.8. The number of benzene rings is 2. The zero-order valence-electron chi connectivity index (χ0n) is 16.0. The Balaban J connectivity index is 1.80. The van der Waals surface area contributed by atoms with Crippen molar-refractivity contribution in [2.24, 2.45) is 0 Å². The van der Waals surface area contributed by atoms with Crippen molar-refractivity contribution in [1.82, 2.24) is 9.62 Å². The first kappa shape index (κ1) is 22.9. The molecule has 1 aliphatic rings. The molecule has 0 aromatic heterocycles. The molecular weight excluding hydrogens is 441 g/mol. The normalized spacial score (nSPS) is 16.9. The standard InChI is InChI=1S/C20H22ClF3N2O3S/c21-16-6-4-15(5-7-16)19(14-26-12-2-1-3-13-26)25-30(27,28)18-10-8-17(9-11-18)29-20(22,23)24/h4-11,19,25H,1-3,12-14H2/t19-/m0/s1. The van der Waals surface area contributed by atoms with Crippen LogP contribution in [0.4, 0.5) is 13.2 Å². The second-order valence-electron chi connectivity index (χ2n) is 7.11. The minimum absolute atomic E-state index is 0.144. The number of ether oxygens (including phenoxy) is 1. The molecule has 1 N–H and O–H groups in total. The lowest BCUT2D eigenvalue weighted by Crippen LogP contribution is -2.40. The fourth-order valence-electron chi connectivity index (χ4n) is 3.38. The van der Waals surface area contributed by atoms with Crippen LogP contribution in [0, 0.1) is 0 Å². The molecule has 2 aromatic carbocycles. The Kier molecular flexibility index (Phi) is 7.28. The third-order valence-corrected chi connectivity index (χ3v) is 6.57. The van der Waals surface area contributed by atoms with Gasteiger partial charge in [-0.3, -0.25) is 0 Å². The van der Waals surface area contributed by atoms with Crippen molar-refractivity contribution in [3.63, 3.8) is 0 Å². The third-order valence-electron chi connectivity index (χ3n) is 4.83. The summed E-state index contributed by atoms with van der Waals surface area (Å²) in [6.45, 7) is 2.25. The van der Waals surface area contributed by atoms with E-state index >= 15 is 0 Å². The molecule has 1 atom stereocenters. The maximum absolute atomic E-state index is 12.9. The summed E-state index contributed by atoms with van der Waals surface area (Å²) in [5.74, 6) is -0.482. The van der Waals surface area contributed by atoms with Gasteiger partial charge >= 0.3 is 6.36 Å². The molecule has 30 heavy (non-hydrogen) atoms. The molecule has 0 unspecified atom stereocenters. The largest absolute Gasteiger partial charge is 0.573 e. The maximum Gasteiger partial charge on any atom is 0.573 e. The second kappa shape index (κ2) is 9.55. The van der Waals surface area contributed by atoms with Gasteiger partial charge in [0.05, 0.1) is 10.9 Å². The van der Waals surface area contributed by atoms with Gasteiger partial charge in [0.1, 0.15) is 5.75 Å². The second-order valence-corrected chi connectivity index (χ2v) is 9.26. The van der Waals surface area contributed by atoms with Gasteiger partial charge in [0.2, 0.25) is 10.0 Å². The van der Waals surface area contributed by atoms with Crippen LogP contribution in [0.1, 0.15) is 30.9 Å². The number of hydrogen-bond acceptors (Lipinski definition) is 4. The van der Waals surface area contributed by atoms with E-state index in [1.807, 2.05) is 0 Å². The Morgan fingerprint density at radius 2 is 1.60 bits per heavy atom. The molecule has 0 saturated carbocycles. The minimum atomic E-state index is -4.84. The van der Waals surface area contributed by atoms with Gasteiger partial charge in [-0.1, -0.05) is 30.2 Å². The summed E-state index contributed by atoms with van der Waals surface area (Å²) >= 11 is 5.96. The highest BCUT2D eigenvalue weighted by Crippen LogP contribution is 2.26. The Bertz CT molecular complexity index is 929. The van der Waals surface area contributed by atoms with Crippen LogP contribution in [-0.4, -0.2) is 39.3 Å². The minimum Gasteiger partial charge on any atom is -0.406 e. The lowest BCUT2D eigenvalue weighted by Gasteiger charge is -2.31. The Hall–Kier alpha value is -1.81. The number of rotatable bonds is 7. The molecule has 0 bridgehead atoms. The molecule has 0 aliphatic carbocycles. The van der Waals surface area contributed by atoms with E-state index in [-0.39, 0.29) is 4.90 Å². The van der Waals surface area contributed by atoms with Crippen molar-refractivity contribution in [3.05, 3.63) is 59.1 Å². The SMILES string of the molecule is O=S(=O)(N[C@@H](CN1CCCCC1)c1ccc(Cl)cc1)c1ccc(OC(F)(F)F)cc1. The molecule has 1 heterocycles. The highest BCUT2D eigenvalue weighted by molar-refractivity contribution is 7.89. The van der Waals surface area contributed by atoms with Gasteiger partial charge in [-0.2, -0.15) is 0 Å². The quantitative estimate of drug-likeness (QED) is 0.645. The molecule has 1 fully saturated rings. The van der Waals surface area contributed by atoms with E-state index in [0.717, 1.165) is 62.2 Å². The van der Waals surface area contributed by atoms with E-state index in [1.54, 1.807) is 24.3 Å². The molecule has 0 radical (unpaired) electrons. The first-order valence-electron chi connectivity index (χ1n) is 9.48. The maximum atomic E-state index is 12.9. The first-order valence-corrected chi connectivity index (χ1v) is 11.3. The van der Waals surface area contributed by atoms with Crippen LogP contribution in [0.15, 0.2) is 53.4 Å². The van der Waals surface area contributed by atoms with E-state index in [1.165, 1.54) is 0 Å². The summed E-state index contributed by atoms with van der Waals surface area (Å²) in [6, 6.07) is 10.5. The van der Waals surface area contributed by atoms with Crippen molar-refractivity contribution in [1.29, 1.82) is 0 Å². The predicted octanol–water partition coefficient (Wildman–Crippen LogP) is 4.74. The third kappa shape index (κ3) is 6.60. The molecule has 0 amide bonds. The summed E-state index contributed by atoms with van der Waals surface area (Å²) < 4.78 is 69.2. The molecule has 3 rings (SSSR count). The zero-order valence-corrected chi connectivity index (χ0v) is 17.6. The van der Waals surface area contributed by atoms with Crippen molar-refractivity contribution in [2.75, 3.05) is 19.6 Å². The van der Waals surface area contributed by atoms with Crippen LogP contribution < -0.4 is 9.46 Å². The lowest BCUT2D eigenvalue weighted by atomic mass is 10.1. The van der Waals surface area contributed by atoms with E-state index in [0.29, 0.717) is 11.6 Å². The van der Waals surface area contributed by atoms with Crippen LogP contribution in [-0.2, 0) is 10.0 Å². The fraction of sp³-hybridized carbons (Fsp3) is 0.400. The Morgan fingerprint density at radius 3 is 2.17 bits per heavy atom. The summed E-state index contributed by atoms with van der Waals surface area (Å²) in [5.41, 5.74) is 0.755. The van der Waals surface area contributed by atoms with Gasteiger partial charge in [-0.05, 0) is 67.9 Å². The fourth-order valence-corrected chi connectivity index (χ4v) is 4.72. The van der Waals surface area contributed by atoms with Crippen molar-refractivity contribution in [2.45, 2.75) is 36.6 Å². The van der Waals surface area contributed by atoms with E-state index in [2.05, 4.69) is 14.4 Å². The molecular formula is C20H22ClF3N2O3S. The summed E-state index contributed by atoms with van der Waals surface area (Å²) in [6.07, 6.45) is -1.57. The number of hydrogen-bond donors (Lipinski definition) is 1. The molecule has 1 saturated heterocycles. The average Bonchev–Trinajstić information content (AvgIpc) is 2.68. The molecule has 1 aliphatic heterocycles. The lowest BCUT2D eigenvalue weighted by molar-refractivity contribution is -0.274. The Labute approximate surface area is 178 Å². The van der Waals surface area contributed by atoms with Gasteiger partial charge in [0, 0.05) is 11.6 Å². The number of piperidine rings is 1. The van der Waals surface area contributed by atoms with Crippen LogP contribution in [0.3, 0.4) is 0 Å². The summed E-state index contributed by atoms with van der Waals surface area (Å²) in [7, 11) is -3.98. The highest BCUT2D eigenvalue weighted by atomic mass is 35.5. The van der Waals surface area contributed by atoms with Crippen LogP contribution in [0.2, 0.25) is 5.02 Å². The average molecular weight is 463 g/mol. The van der Waals surface area contributed by atoms with E-state index in [9.17, 15) is 21.6 Å². The smallest absolute Gasteiger partial charge is 0.406 e. The predicted molar refractivity (Wildman–Crippen MR) is 108 cm³/mol. The molecule has 2 aromatic rings. The highest BCUT2D eigenvalue weighted by Gasteiger charge is 2.31. The van der Waals surface area contributed by atoms with Gasteiger partial charge in [-0.25, -0.2) is 13.1 Å². The van der Waals surface area contributed by atoms with E-state index < -0.39 is 28.2 Å². The molecule has 5 nitrogen and oxygen atoms in total. The Morgan fingerprint density at radius 1 is 1.00 bits per heavy atom. The van der Waals surface area contributed by atoms with Crippen LogP contribution in [0.5, 0.6) is 5.75 Å². The number of nitrogens with one attached hydrogen (secondary N) is 1. The molecule has 10 heteroatoms. The number of sulfonamides is 1. The number of halogens is 4. The van der Waals surface area contributed by atoms with Crippen molar-refractivity contribution in [3.8, 4) is 5.75 Å². The summed E-state index contributed by atoms with van der Waals surface area (Å²) in [5, 5.41) is 0.540. The molecule has 0 spiro atoms. The number of nitrogens with zero attached hydrogens (tertiary/aromatic N) is 1. The molecule has 164 valence electrons. The van der Waals surface area contributed by atoms with Gasteiger partial charge < -0.3 is 9.64 Å².